The molecule has 0 saturated heterocycles. The third-order valence-electron chi connectivity index (χ3n) is 5.92. The van der Waals surface area contributed by atoms with Crippen molar-refractivity contribution in [2.45, 2.75) is 85.1 Å². The Morgan fingerprint density at radius 3 is 2.44 bits per heavy atom. The van der Waals surface area contributed by atoms with Gasteiger partial charge in [-0.25, -0.2) is 8.51 Å². The Hall–Kier alpha value is -1.73. The number of nitrogens with zero attached hydrogens (tertiary/aromatic N) is 2. The molecular weight excluding hydrogens is 590 g/mol. The van der Waals surface area contributed by atoms with Crippen LogP contribution in [-0.2, 0) is 11.0 Å². The van der Waals surface area contributed by atoms with E-state index in [4.69, 9.17) is 11.6 Å². The number of aliphatic imine (C=N–C) groups is 1. The Morgan fingerprint density at radius 1 is 1.21 bits per heavy atom. The monoisotopic (exact) mass is 637 g/mol. The highest BCUT2D eigenvalue weighted by molar-refractivity contribution is 9.12. The van der Waals surface area contributed by atoms with Crippen LogP contribution in [0.5, 0.6) is 0 Å². The molecule has 2 unspecified atom stereocenters. The molecule has 0 saturated carbocycles. The highest BCUT2D eigenvalue weighted by atomic mass is 79.9. The maximum atomic E-state index is 12.2. The number of hydrogen-bond donors (Lipinski definition) is 1. The molecule has 0 fully saturated rings. The Kier molecular flexibility index (Phi) is 20.1. The lowest BCUT2D eigenvalue weighted by molar-refractivity contribution is 0.503. The van der Waals surface area contributed by atoms with Crippen LogP contribution in [0.2, 0.25) is 5.02 Å². The molecule has 2 aromatic rings. The number of rotatable bonds is 12. The van der Waals surface area contributed by atoms with Crippen LogP contribution in [-0.4, -0.2) is 41.4 Å². The van der Waals surface area contributed by atoms with Crippen LogP contribution in [0, 0.1) is 13.8 Å². The van der Waals surface area contributed by atoms with Crippen LogP contribution in [0.1, 0.15) is 77.0 Å². The van der Waals surface area contributed by atoms with Gasteiger partial charge in [0.1, 0.15) is 11.0 Å². The number of aryl methyl sites for hydroxylation is 2. The summed E-state index contributed by atoms with van der Waals surface area (Å²) in [6, 6.07) is 14.3. The van der Waals surface area contributed by atoms with Gasteiger partial charge in [-0.2, -0.15) is 0 Å². The van der Waals surface area contributed by atoms with Gasteiger partial charge in [-0.3, -0.25) is 4.99 Å². The average Bonchev–Trinajstić information content (AvgIpc) is 2.93. The Morgan fingerprint density at radius 2 is 1.85 bits per heavy atom. The lowest BCUT2D eigenvalue weighted by Gasteiger charge is -2.17. The maximum Gasteiger partial charge on any atom is 0.127 e. The van der Waals surface area contributed by atoms with Gasteiger partial charge in [0.25, 0.3) is 0 Å². The molecule has 39 heavy (non-hydrogen) atoms. The Labute approximate surface area is 254 Å². The third kappa shape index (κ3) is 14.5. The minimum Gasteiger partial charge on any atom is -0.385 e. The molecular formula is C32H49BrClN3OS. The van der Waals surface area contributed by atoms with Gasteiger partial charge in [0, 0.05) is 43.6 Å². The predicted molar refractivity (Wildman–Crippen MR) is 180 cm³/mol. The summed E-state index contributed by atoms with van der Waals surface area (Å²) in [6.45, 7) is 19.5. The Bertz CT molecular complexity index is 1100. The molecule has 0 spiro atoms. The zero-order chi connectivity index (χ0) is 30.0. The fourth-order valence-corrected chi connectivity index (χ4v) is 5.37. The predicted octanol–water partition coefficient (Wildman–Crippen LogP) is 9.52. The number of hydrogen-bond acceptors (Lipinski definition) is 3. The second kappa shape index (κ2) is 21.1. The van der Waals surface area contributed by atoms with Crippen LogP contribution in [0.4, 0.5) is 0 Å². The largest absolute Gasteiger partial charge is 0.385 e. The van der Waals surface area contributed by atoms with E-state index in [2.05, 4.69) is 84.8 Å². The fourth-order valence-electron chi connectivity index (χ4n) is 3.61. The molecule has 2 atom stereocenters. The van der Waals surface area contributed by atoms with E-state index in [-0.39, 0.29) is 0 Å². The van der Waals surface area contributed by atoms with E-state index in [1.807, 2.05) is 44.3 Å². The Balaban J connectivity index is 0.000000718. The summed E-state index contributed by atoms with van der Waals surface area (Å²) >= 11 is 9.43. The summed E-state index contributed by atoms with van der Waals surface area (Å²) in [7, 11) is 2.55. The number of unbranched alkanes of at least 4 members (excludes halogenated alkanes) is 1. The summed E-state index contributed by atoms with van der Waals surface area (Å²) in [6.07, 6.45) is 6.01. The van der Waals surface area contributed by atoms with Crippen molar-refractivity contribution in [1.82, 2.24) is 9.62 Å². The van der Waals surface area contributed by atoms with Gasteiger partial charge in [0.15, 0.2) is 0 Å². The standard InChI is InChI=1S/C18H25BrN2.C12H18ClNOS.C2H6/c1-13-8-6-7-9-17(13)14(2)10-11-15(3)21-16(4)18(19)12-20-5;1-4-5-8-14(3)16(15)12-9-11(13)7-6-10(12)2;1-2/h6-9,12,15,21H,2,10-11H2,1,3-5H3;6-7,9H,4-5,8H2,1-3H3;1-2H3/b18-16+,20-12?;;. The van der Waals surface area contributed by atoms with E-state index in [1.165, 1.54) is 16.7 Å². The molecule has 218 valence electrons. The molecule has 7 heteroatoms. The first-order valence-corrected chi connectivity index (χ1v) is 16.0. The topological polar surface area (TPSA) is 44.7 Å². The van der Waals surface area contributed by atoms with Crippen LogP contribution in [0.15, 0.2) is 69.1 Å². The molecule has 0 aliphatic heterocycles. The van der Waals surface area contributed by atoms with E-state index in [0.717, 1.165) is 52.9 Å². The van der Waals surface area contributed by atoms with Crippen molar-refractivity contribution < 1.29 is 4.21 Å². The van der Waals surface area contributed by atoms with Gasteiger partial charge in [0.05, 0.1) is 9.38 Å². The SMILES string of the molecule is C=C(CCC(C)N/C(C)=C(/Br)C=NC)c1ccccc1C.CC.CCCCN(C)S(=O)c1cc(Cl)ccc1C. The summed E-state index contributed by atoms with van der Waals surface area (Å²) in [5.41, 5.74) is 5.90. The maximum absolute atomic E-state index is 12.2. The zero-order valence-electron chi connectivity index (χ0n) is 25.4. The van der Waals surface area contributed by atoms with Crippen molar-refractivity contribution in [2.24, 2.45) is 4.99 Å². The molecule has 0 amide bonds. The first-order chi connectivity index (χ1) is 18.5. The second-order valence-corrected chi connectivity index (χ2v) is 12.1. The number of allylic oxidation sites excluding steroid dienone is 3. The highest BCUT2D eigenvalue weighted by Gasteiger charge is 2.13. The van der Waals surface area contributed by atoms with Gasteiger partial charge in [0.2, 0.25) is 0 Å². The van der Waals surface area contributed by atoms with Crippen LogP contribution < -0.4 is 5.32 Å². The molecule has 0 aliphatic rings. The van der Waals surface area contributed by atoms with Crippen molar-refractivity contribution in [3.8, 4) is 0 Å². The van der Waals surface area contributed by atoms with Crippen LogP contribution in [0.3, 0.4) is 0 Å². The zero-order valence-corrected chi connectivity index (χ0v) is 28.6. The van der Waals surface area contributed by atoms with Gasteiger partial charge >= 0.3 is 0 Å². The fraction of sp³-hybridized carbons (Fsp3) is 0.469. The summed E-state index contributed by atoms with van der Waals surface area (Å²) in [5.74, 6) is 0. The van der Waals surface area contributed by atoms with Gasteiger partial charge in [-0.15, -0.1) is 0 Å². The average molecular weight is 639 g/mol. The smallest absolute Gasteiger partial charge is 0.127 e. The van der Waals surface area contributed by atoms with Crippen molar-refractivity contribution in [3.63, 3.8) is 0 Å². The molecule has 0 bridgehead atoms. The normalized spacial score (nSPS) is 13.0. The summed E-state index contributed by atoms with van der Waals surface area (Å²) in [4.78, 5) is 4.81. The van der Waals surface area contributed by atoms with E-state index in [9.17, 15) is 4.21 Å². The molecule has 0 heterocycles. The molecule has 2 aromatic carbocycles. The third-order valence-corrected chi connectivity index (χ3v) is 8.52. The molecule has 4 nitrogen and oxygen atoms in total. The van der Waals surface area contributed by atoms with Crippen LogP contribution >= 0.6 is 27.5 Å². The lowest BCUT2D eigenvalue weighted by atomic mass is 9.97. The summed E-state index contributed by atoms with van der Waals surface area (Å²) in [5, 5.41) is 4.12. The van der Waals surface area contributed by atoms with Crippen molar-refractivity contribution in [2.75, 3.05) is 20.6 Å². The van der Waals surface area contributed by atoms with E-state index in [0.29, 0.717) is 11.1 Å². The molecule has 1 N–H and O–H groups in total. The highest BCUT2D eigenvalue weighted by Crippen LogP contribution is 2.22. The van der Waals surface area contributed by atoms with Gasteiger partial charge < -0.3 is 5.32 Å². The first kappa shape index (κ1) is 37.3. The lowest BCUT2D eigenvalue weighted by Crippen LogP contribution is -2.24. The number of benzene rings is 2. The first-order valence-electron chi connectivity index (χ1n) is 13.7. The summed E-state index contributed by atoms with van der Waals surface area (Å²) < 4.78 is 15.1. The van der Waals surface area contributed by atoms with Crippen LogP contribution in [0.25, 0.3) is 5.57 Å². The van der Waals surface area contributed by atoms with Crippen molar-refractivity contribution in [1.29, 1.82) is 0 Å². The van der Waals surface area contributed by atoms with Gasteiger partial charge in [-0.05, 0) is 97.3 Å². The molecule has 0 radical (unpaired) electrons. The minimum atomic E-state index is -1.10. The number of nitrogens with one attached hydrogen (secondary N) is 1. The van der Waals surface area contributed by atoms with E-state index < -0.39 is 11.0 Å². The van der Waals surface area contributed by atoms with E-state index >= 15 is 0 Å². The minimum absolute atomic E-state index is 0.392. The number of halogens is 2. The quantitative estimate of drug-likeness (QED) is 0.235. The molecule has 2 rings (SSSR count). The second-order valence-electron chi connectivity index (χ2n) is 9.23. The van der Waals surface area contributed by atoms with Crippen molar-refractivity contribution in [3.05, 3.63) is 80.9 Å². The van der Waals surface area contributed by atoms with Crippen molar-refractivity contribution >= 4 is 50.3 Å². The molecule has 0 aliphatic carbocycles. The molecule has 0 aromatic heterocycles. The van der Waals surface area contributed by atoms with E-state index in [1.54, 1.807) is 19.3 Å². The van der Waals surface area contributed by atoms with Gasteiger partial charge in [-0.1, -0.05) is 75.7 Å².